The van der Waals surface area contributed by atoms with Crippen LogP contribution in [0.4, 0.5) is 0 Å². The molecule has 1 aliphatic carbocycles. The molecular formula is C20H30N2O4. The lowest BCUT2D eigenvalue weighted by atomic mass is 9.85. The topological polar surface area (TPSA) is 87.7 Å². The van der Waals surface area contributed by atoms with Gasteiger partial charge in [0.15, 0.2) is 0 Å². The van der Waals surface area contributed by atoms with Crippen LogP contribution in [0.1, 0.15) is 55.8 Å². The van der Waals surface area contributed by atoms with Gasteiger partial charge in [-0.05, 0) is 43.5 Å². The van der Waals surface area contributed by atoms with E-state index in [-0.39, 0.29) is 36.9 Å². The molecule has 3 N–H and O–H groups in total. The zero-order valence-electron chi connectivity index (χ0n) is 15.5. The Bertz CT molecular complexity index is 574. The predicted octanol–water partition coefficient (Wildman–Crippen LogP) is 2.26. The summed E-state index contributed by atoms with van der Waals surface area (Å²) < 4.78 is 5.57. The maximum atomic E-state index is 12.2. The first-order valence-electron chi connectivity index (χ1n) is 9.55. The van der Waals surface area contributed by atoms with Crippen molar-refractivity contribution in [3.05, 3.63) is 29.8 Å². The molecule has 26 heavy (non-hydrogen) atoms. The summed E-state index contributed by atoms with van der Waals surface area (Å²) in [5.41, 5.74) is 0.492. The molecule has 2 amide bonds. The maximum Gasteiger partial charge on any atom is 0.251 e. The van der Waals surface area contributed by atoms with Crippen LogP contribution in [0.3, 0.4) is 0 Å². The summed E-state index contributed by atoms with van der Waals surface area (Å²) in [6.45, 7) is 2.79. The highest BCUT2D eigenvalue weighted by Crippen LogP contribution is 2.23. The summed E-state index contributed by atoms with van der Waals surface area (Å²) in [5, 5.41) is 15.0. The molecule has 2 rings (SSSR count). The van der Waals surface area contributed by atoms with Crippen LogP contribution in [0.25, 0.3) is 0 Å². The molecule has 0 aromatic heterocycles. The second-order valence-electron chi connectivity index (χ2n) is 6.81. The number of rotatable bonds is 9. The maximum absolute atomic E-state index is 12.2. The minimum Gasteiger partial charge on any atom is -0.494 e. The number of aliphatic hydroxyl groups is 1. The van der Waals surface area contributed by atoms with E-state index >= 15 is 0 Å². The van der Waals surface area contributed by atoms with E-state index in [9.17, 15) is 14.7 Å². The van der Waals surface area contributed by atoms with Crippen molar-refractivity contribution < 1.29 is 19.4 Å². The number of hydrogen-bond acceptors (Lipinski definition) is 4. The molecule has 6 heteroatoms. The fourth-order valence-corrected chi connectivity index (χ4v) is 3.17. The third kappa shape index (κ3) is 6.33. The first-order valence-corrected chi connectivity index (χ1v) is 9.55. The molecule has 0 saturated heterocycles. The largest absolute Gasteiger partial charge is 0.494 e. The summed E-state index contributed by atoms with van der Waals surface area (Å²) in [6.07, 6.45) is 6.02. The van der Waals surface area contributed by atoms with Crippen LogP contribution in [0.2, 0.25) is 0 Å². The number of hydrogen-bond donors (Lipinski definition) is 3. The zero-order chi connectivity index (χ0) is 18.8. The van der Waals surface area contributed by atoms with Gasteiger partial charge in [0.25, 0.3) is 5.91 Å². The van der Waals surface area contributed by atoms with Crippen LogP contribution < -0.4 is 15.4 Å². The molecule has 144 valence electrons. The van der Waals surface area contributed by atoms with Crippen molar-refractivity contribution in [2.24, 2.45) is 5.92 Å². The average Bonchev–Trinajstić information content (AvgIpc) is 2.67. The first-order chi connectivity index (χ1) is 12.6. The number of carbonyl (C=O) groups excluding carboxylic acids is 2. The molecule has 1 fully saturated rings. The van der Waals surface area contributed by atoms with Gasteiger partial charge in [0.05, 0.1) is 13.2 Å². The summed E-state index contributed by atoms with van der Waals surface area (Å²) >= 11 is 0. The van der Waals surface area contributed by atoms with E-state index in [1.54, 1.807) is 24.3 Å². The normalized spacial score (nSPS) is 19.6. The van der Waals surface area contributed by atoms with Crippen molar-refractivity contribution in [3.8, 4) is 5.75 Å². The van der Waals surface area contributed by atoms with Crippen molar-refractivity contribution in [1.82, 2.24) is 10.6 Å². The number of unbranched alkanes of at least 4 members (excludes halogenated alkanes) is 1. The van der Waals surface area contributed by atoms with Gasteiger partial charge in [-0.15, -0.1) is 0 Å². The molecule has 1 saturated carbocycles. The van der Waals surface area contributed by atoms with Crippen LogP contribution in [0.5, 0.6) is 5.75 Å². The van der Waals surface area contributed by atoms with Crippen molar-refractivity contribution in [3.63, 3.8) is 0 Å². The monoisotopic (exact) mass is 362 g/mol. The van der Waals surface area contributed by atoms with Gasteiger partial charge in [0.1, 0.15) is 5.75 Å². The number of amides is 2. The second kappa shape index (κ2) is 10.8. The molecule has 1 aromatic rings. The van der Waals surface area contributed by atoms with Crippen molar-refractivity contribution in [2.75, 3.05) is 19.8 Å². The molecule has 0 bridgehead atoms. The van der Waals surface area contributed by atoms with E-state index < -0.39 is 0 Å². The van der Waals surface area contributed by atoms with Gasteiger partial charge < -0.3 is 20.5 Å². The molecule has 6 nitrogen and oxygen atoms in total. The van der Waals surface area contributed by atoms with Crippen molar-refractivity contribution in [2.45, 2.75) is 51.5 Å². The Morgan fingerprint density at radius 1 is 1.19 bits per heavy atom. The minimum absolute atomic E-state index is 0.00212. The van der Waals surface area contributed by atoms with Gasteiger partial charge in [-0.1, -0.05) is 26.2 Å². The quantitative estimate of drug-likeness (QED) is 0.588. The minimum atomic E-state index is -0.289. The molecule has 1 aliphatic rings. The third-order valence-electron chi connectivity index (χ3n) is 4.78. The van der Waals surface area contributed by atoms with Gasteiger partial charge >= 0.3 is 0 Å². The van der Waals surface area contributed by atoms with Gasteiger partial charge in [0.2, 0.25) is 5.91 Å². The number of ether oxygens (including phenoxy) is 1. The smallest absolute Gasteiger partial charge is 0.251 e. The molecular weight excluding hydrogens is 332 g/mol. The summed E-state index contributed by atoms with van der Waals surface area (Å²) in [6, 6.07) is 6.91. The first kappa shape index (κ1) is 20.2. The molecule has 0 spiro atoms. The average molecular weight is 362 g/mol. The highest BCUT2D eigenvalue weighted by atomic mass is 16.5. The Hall–Kier alpha value is -2.08. The Morgan fingerprint density at radius 2 is 1.92 bits per heavy atom. The fourth-order valence-electron chi connectivity index (χ4n) is 3.17. The number of nitrogens with one attached hydrogen (secondary N) is 2. The Balaban J connectivity index is 1.75. The van der Waals surface area contributed by atoms with Crippen LogP contribution in [0.15, 0.2) is 24.3 Å². The van der Waals surface area contributed by atoms with E-state index in [4.69, 9.17) is 4.74 Å². The highest BCUT2D eigenvalue weighted by Gasteiger charge is 2.25. The lowest BCUT2D eigenvalue weighted by molar-refractivity contribution is -0.121. The van der Waals surface area contributed by atoms with Gasteiger partial charge in [-0.25, -0.2) is 0 Å². The van der Waals surface area contributed by atoms with Gasteiger partial charge in [0, 0.05) is 24.1 Å². The van der Waals surface area contributed by atoms with E-state index in [2.05, 4.69) is 17.6 Å². The molecule has 0 unspecified atom stereocenters. The lowest BCUT2D eigenvalue weighted by Gasteiger charge is -2.30. The van der Waals surface area contributed by atoms with E-state index in [1.807, 2.05) is 0 Å². The zero-order valence-corrected chi connectivity index (χ0v) is 15.5. The van der Waals surface area contributed by atoms with E-state index in [0.29, 0.717) is 12.2 Å². The predicted molar refractivity (Wildman–Crippen MR) is 100 cm³/mol. The van der Waals surface area contributed by atoms with Gasteiger partial charge in [-0.3, -0.25) is 9.59 Å². The summed E-state index contributed by atoms with van der Waals surface area (Å²) in [7, 11) is 0. The second-order valence-corrected chi connectivity index (χ2v) is 6.81. The summed E-state index contributed by atoms with van der Waals surface area (Å²) in [5.74, 6) is 0.342. The Morgan fingerprint density at radius 3 is 2.62 bits per heavy atom. The molecule has 2 atom stereocenters. The van der Waals surface area contributed by atoms with Crippen LogP contribution >= 0.6 is 0 Å². The summed E-state index contributed by atoms with van der Waals surface area (Å²) in [4.78, 5) is 24.2. The van der Waals surface area contributed by atoms with Crippen LogP contribution in [0, 0.1) is 5.92 Å². The molecule has 0 radical (unpaired) electrons. The standard InChI is InChI=1S/C20H30N2O4/c1-2-3-12-26-17-10-8-15(9-11-17)20(25)21-13-19(24)22-18-7-5-4-6-16(18)14-23/h8-11,16,18,23H,2-7,12-14H2,1H3,(H,21,25)(H,22,24)/t16-,18+/m0/s1. The van der Waals surface area contributed by atoms with E-state index in [1.165, 1.54) is 0 Å². The van der Waals surface area contributed by atoms with Gasteiger partial charge in [-0.2, -0.15) is 0 Å². The molecule has 0 aliphatic heterocycles. The molecule has 1 aromatic carbocycles. The molecule has 0 heterocycles. The highest BCUT2D eigenvalue weighted by molar-refractivity contribution is 5.96. The fraction of sp³-hybridized carbons (Fsp3) is 0.600. The van der Waals surface area contributed by atoms with Crippen molar-refractivity contribution in [1.29, 1.82) is 0 Å². The Labute approximate surface area is 155 Å². The number of aliphatic hydroxyl groups excluding tert-OH is 1. The lowest BCUT2D eigenvalue weighted by Crippen LogP contribution is -2.47. The van der Waals surface area contributed by atoms with Crippen LogP contribution in [-0.2, 0) is 4.79 Å². The number of carbonyl (C=O) groups is 2. The van der Waals surface area contributed by atoms with Crippen molar-refractivity contribution >= 4 is 11.8 Å². The Kier molecular flexibility index (Phi) is 8.41. The van der Waals surface area contributed by atoms with Crippen LogP contribution in [-0.4, -0.2) is 42.7 Å². The number of benzene rings is 1. The third-order valence-corrected chi connectivity index (χ3v) is 4.78. The SMILES string of the molecule is CCCCOc1ccc(C(=O)NCC(=O)N[C@@H]2CCCC[C@H]2CO)cc1. The van der Waals surface area contributed by atoms with E-state index in [0.717, 1.165) is 44.3 Å².